The molecule has 0 radical (unpaired) electrons. The Morgan fingerprint density at radius 1 is 1.75 bits per heavy atom. The van der Waals surface area contributed by atoms with Crippen LogP contribution in [0.25, 0.3) is 0 Å². The van der Waals surface area contributed by atoms with Gasteiger partial charge in [0.1, 0.15) is 0 Å². The van der Waals surface area contributed by atoms with Gasteiger partial charge in [-0.15, -0.1) is 0 Å². The Hall–Kier alpha value is -1.12. The van der Waals surface area contributed by atoms with Gasteiger partial charge in [0.2, 0.25) is 0 Å². The summed E-state index contributed by atoms with van der Waals surface area (Å²) >= 11 is 0. The van der Waals surface area contributed by atoms with Crippen molar-refractivity contribution in [2.24, 2.45) is 10.7 Å². The number of carbonyl (C=O) groups excluding carboxylic acids is 1. The minimum atomic E-state index is 0.142. The van der Waals surface area contributed by atoms with Gasteiger partial charge in [0.15, 0.2) is 6.29 Å². The summed E-state index contributed by atoms with van der Waals surface area (Å²) in [5, 5.41) is 0. The lowest BCUT2D eigenvalue weighted by molar-refractivity contribution is -0.104. The maximum Gasteiger partial charge on any atom is 0.167 e. The second-order valence-electron chi connectivity index (χ2n) is 1.15. The second kappa shape index (κ2) is 4.05. The maximum atomic E-state index is 9.74. The molecule has 0 aliphatic heterocycles. The summed E-state index contributed by atoms with van der Waals surface area (Å²) in [5.74, 6) is 0. The number of aliphatic imine (C=N–C) groups is 1. The highest BCUT2D eigenvalue weighted by Gasteiger charge is 1.76. The molecule has 0 aliphatic rings. The number of hydrogen-bond donors (Lipinski definition) is 1. The van der Waals surface area contributed by atoms with Crippen molar-refractivity contribution >= 4 is 12.5 Å². The molecule has 0 fully saturated rings. The van der Waals surface area contributed by atoms with Gasteiger partial charge in [-0.2, -0.15) is 0 Å². The van der Waals surface area contributed by atoms with Crippen LogP contribution in [0.3, 0.4) is 0 Å². The molecule has 0 aromatic carbocycles. The predicted octanol–water partition coefficient (Wildman–Crippen LogP) is 0.0761. The number of rotatable bonds is 2. The molecule has 44 valence electrons. The molecule has 2 N–H and O–H groups in total. The molecule has 0 unspecified atom stereocenters. The van der Waals surface area contributed by atoms with Crippen LogP contribution in [0.2, 0.25) is 0 Å². The Morgan fingerprint density at radius 2 is 2.38 bits per heavy atom. The Morgan fingerprint density at radius 3 is 2.75 bits per heavy atom. The predicted molar refractivity (Wildman–Crippen MR) is 32.5 cm³/mol. The molecule has 0 spiro atoms. The smallest absolute Gasteiger partial charge is 0.167 e. The first-order chi connectivity index (χ1) is 3.81. The van der Waals surface area contributed by atoms with E-state index in [1.807, 2.05) is 0 Å². The fraction of sp³-hybridized carbons (Fsp3) is 0.200. The molecule has 0 aliphatic carbocycles. The largest absolute Gasteiger partial charge is 0.395 e. The summed E-state index contributed by atoms with van der Waals surface area (Å²) in [6.07, 6.45) is 3.40. The van der Waals surface area contributed by atoms with Crippen molar-refractivity contribution in [1.82, 2.24) is 0 Å². The Labute approximate surface area is 47.9 Å². The molecule has 0 heterocycles. The van der Waals surface area contributed by atoms with Gasteiger partial charge in [0, 0.05) is 6.21 Å². The monoisotopic (exact) mass is 112 g/mol. The topological polar surface area (TPSA) is 55.4 Å². The number of hydrogen-bond acceptors (Lipinski definition) is 3. The van der Waals surface area contributed by atoms with Crippen molar-refractivity contribution < 1.29 is 4.79 Å². The van der Waals surface area contributed by atoms with E-state index in [9.17, 15) is 4.79 Å². The second-order valence-corrected chi connectivity index (χ2v) is 1.15. The number of allylic oxidation sites excluding steroid dienone is 1. The van der Waals surface area contributed by atoms with E-state index in [2.05, 4.69) is 4.99 Å². The highest BCUT2D eigenvalue weighted by molar-refractivity contribution is 5.71. The molecular weight excluding hydrogens is 104 g/mol. The Kier molecular flexibility index (Phi) is 3.48. The molecule has 0 saturated carbocycles. The standard InChI is InChI=1S/C5H8N2O/c1-2-7-3-5(6)4-8/h2-4H,6H2,1H3/b5-3-,7-2-. The summed E-state index contributed by atoms with van der Waals surface area (Å²) in [6.45, 7) is 1.74. The quantitative estimate of drug-likeness (QED) is 0.312. The van der Waals surface area contributed by atoms with Gasteiger partial charge in [-0.3, -0.25) is 9.79 Å². The first-order valence-electron chi connectivity index (χ1n) is 2.20. The van der Waals surface area contributed by atoms with Crippen molar-refractivity contribution in [2.45, 2.75) is 6.92 Å². The molecule has 0 saturated heterocycles. The van der Waals surface area contributed by atoms with Crippen LogP contribution in [0, 0.1) is 0 Å². The molecule has 0 atom stereocenters. The van der Waals surface area contributed by atoms with Crippen molar-refractivity contribution in [3.8, 4) is 0 Å². The Bertz CT molecular complexity index is 126. The third-order valence-electron chi connectivity index (χ3n) is 0.509. The van der Waals surface area contributed by atoms with Gasteiger partial charge in [0.05, 0.1) is 11.9 Å². The van der Waals surface area contributed by atoms with Crippen LogP contribution in [0.15, 0.2) is 16.9 Å². The number of nitrogens with two attached hydrogens (primary N) is 1. The highest BCUT2D eigenvalue weighted by atomic mass is 16.1. The normalized spacial score (nSPS) is 12.4. The molecule has 3 nitrogen and oxygen atoms in total. The third kappa shape index (κ3) is 3.08. The molecule has 0 bridgehead atoms. The lowest BCUT2D eigenvalue weighted by Gasteiger charge is -1.78. The van der Waals surface area contributed by atoms with Crippen LogP contribution in [0.1, 0.15) is 6.92 Å². The van der Waals surface area contributed by atoms with Crippen LogP contribution in [0.4, 0.5) is 0 Å². The van der Waals surface area contributed by atoms with E-state index in [0.29, 0.717) is 6.29 Å². The van der Waals surface area contributed by atoms with Gasteiger partial charge in [-0.05, 0) is 6.92 Å². The van der Waals surface area contributed by atoms with Crippen LogP contribution >= 0.6 is 0 Å². The van der Waals surface area contributed by atoms with Crippen molar-refractivity contribution in [3.63, 3.8) is 0 Å². The van der Waals surface area contributed by atoms with Crippen molar-refractivity contribution in [1.29, 1.82) is 0 Å². The molecule has 0 rings (SSSR count). The summed E-state index contributed by atoms with van der Waals surface area (Å²) in [7, 11) is 0. The number of carbonyl (C=O) groups is 1. The number of nitrogens with zero attached hydrogens (tertiary/aromatic N) is 1. The zero-order valence-electron chi connectivity index (χ0n) is 4.66. The molecule has 0 amide bonds. The van der Waals surface area contributed by atoms with E-state index in [1.54, 1.807) is 13.1 Å². The summed E-state index contributed by atoms with van der Waals surface area (Å²) < 4.78 is 0. The molecule has 8 heavy (non-hydrogen) atoms. The molecule has 0 aromatic heterocycles. The first-order valence-corrected chi connectivity index (χ1v) is 2.20. The van der Waals surface area contributed by atoms with Crippen LogP contribution in [0.5, 0.6) is 0 Å². The van der Waals surface area contributed by atoms with Gasteiger partial charge in [-0.25, -0.2) is 0 Å². The first kappa shape index (κ1) is 6.88. The third-order valence-corrected chi connectivity index (χ3v) is 0.509. The summed E-state index contributed by atoms with van der Waals surface area (Å²) in [5.41, 5.74) is 5.18. The fourth-order valence-corrected chi connectivity index (χ4v) is 0.191. The van der Waals surface area contributed by atoms with E-state index in [-0.39, 0.29) is 5.70 Å². The van der Waals surface area contributed by atoms with Crippen molar-refractivity contribution in [2.75, 3.05) is 0 Å². The minimum Gasteiger partial charge on any atom is -0.395 e. The zero-order valence-corrected chi connectivity index (χ0v) is 4.66. The van der Waals surface area contributed by atoms with E-state index < -0.39 is 0 Å². The summed E-state index contributed by atoms with van der Waals surface area (Å²) in [6, 6.07) is 0. The zero-order chi connectivity index (χ0) is 6.41. The van der Waals surface area contributed by atoms with E-state index in [1.165, 1.54) is 6.20 Å². The van der Waals surface area contributed by atoms with Crippen LogP contribution in [-0.4, -0.2) is 12.5 Å². The van der Waals surface area contributed by atoms with Crippen molar-refractivity contribution in [3.05, 3.63) is 11.9 Å². The van der Waals surface area contributed by atoms with Gasteiger partial charge < -0.3 is 5.73 Å². The summed E-state index contributed by atoms with van der Waals surface area (Å²) in [4.78, 5) is 13.3. The average Bonchev–Trinajstić information content (AvgIpc) is 1.83. The maximum absolute atomic E-state index is 9.74. The average molecular weight is 112 g/mol. The molecular formula is C5H8N2O. The van der Waals surface area contributed by atoms with E-state index in [0.717, 1.165) is 0 Å². The number of aldehydes is 1. The lowest BCUT2D eigenvalue weighted by Crippen LogP contribution is -1.95. The lowest BCUT2D eigenvalue weighted by atomic mass is 10.5. The molecule has 3 heteroatoms. The van der Waals surface area contributed by atoms with E-state index in [4.69, 9.17) is 5.73 Å². The highest BCUT2D eigenvalue weighted by Crippen LogP contribution is 1.75. The SMILES string of the molecule is C/C=N\C=C(/N)C=O. The van der Waals surface area contributed by atoms with Crippen LogP contribution in [-0.2, 0) is 4.79 Å². The Balaban J connectivity index is 3.74. The van der Waals surface area contributed by atoms with E-state index >= 15 is 0 Å². The van der Waals surface area contributed by atoms with Gasteiger partial charge in [-0.1, -0.05) is 0 Å². The van der Waals surface area contributed by atoms with Gasteiger partial charge >= 0.3 is 0 Å². The fourth-order valence-electron chi connectivity index (χ4n) is 0.191. The van der Waals surface area contributed by atoms with Crippen LogP contribution < -0.4 is 5.73 Å². The minimum absolute atomic E-state index is 0.142. The van der Waals surface area contributed by atoms with Gasteiger partial charge in [0.25, 0.3) is 0 Å². The molecule has 0 aromatic rings.